The molecule has 364 valence electrons. The van der Waals surface area contributed by atoms with Crippen LogP contribution in [0.3, 0.4) is 0 Å². The van der Waals surface area contributed by atoms with Gasteiger partial charge in [0.15, 0.2) is 5.78 Å². The SMILES string of the molecule is C.C=C(C)C(=C)CCCCCC(C)NCCC(=O)OCC(CC)(CCCCCNC(C)COCCCC(=O)C(=C)C)CCC(=O)CCNC(C)CCCCOC(=O)C(=C)C.O.[HH].[HH].[HH].[HH]. The van der Waals surface area contributed by atoms with Crippen molar-refractivity contribution in [3.05, 3.63) is 48.6 Å². The van der Waals surface area contributed by atoms with E-state index in [0.717, 1.165) is 101 Å². The van der Waals surface area contributed by atoms with Gasteiger partial charge in [0.1, 0.15) is 5.78 Å². The summed E-state index contributed by atoms with van der Waals surface area (Å²) in [5.41, 5.74) is 2.97. The topological polar surface area (TPSA) is 164 Å². The van der Waals surface area contributed by atoms with E-state index < -0.39 is 0 Å². The van der Waals surface area contributed by atoms with Gasteiger partial charge in [-0.2, -0.15) is 0 Å². The van der Waals surface area contributed by atoms with E-state index in [-0.39, 0.29) is 59.6 Å². The number of hydrogen-bond donors (Lipinski definition) is 3. The maximum absolute atomic E-state index is 13.1. The highest BCUT2D eigenvalue weighted by molar-refractivity contribution is 5.94. The van der Waals surface area contributed by atoms with E-state index in [2.05, 4.69) is 70.0 Å². The van der Waals surface area contributed by atoms with Crippen molar-refractivity contribution in [2.75, 3.05) is 46.1 Å². The van der Waals surface area contributed by atoms with E-state index in [1.165, 1.54) is 0 Å². The smallest absolute Gasteiger partial charge is 0.333 e. The molecule has 0 saturated heterocycles. The Labute approximate surface area is 379 Å². The Balaban J connectivity index is -0.00000112. The van der Waals surface area contributed by atoms with Gasteiger partial charge in [0.05, 0.1) is 26.2 Å². The number of Topliss-reactive ketones (excluding diaryl/α,β-unsaturated/α-hetero) is 2. The highest BCUT2D eigenvalue weighted by Crippen LogP contribution is 2.35. The molecule has 11 heteroatoms. The molecule has 0 bridgehead atoms. The second-order valence-corrected chi connectivity index (χ2v) is 17.2. The minimum absolute atomic E-state index is 0. The lowest BCUT2D eigenvalue weighted by atomic mass is 9.76. The molecule has 0 rings (SSSR count). The van der Waals surface area contributed by atoms with Gasteiger partial charge in [-0.25, -0.2) is 4.79 Å². The summed E-state index contributed by atoms with van der Waals surface area (Å²) in [5, 5.41) is 10.5. The van der Waals surface area contributed by atoms with Gasteiger partial charge in [0.25, 0.3) is 0 Å². The third-order valence-corrected chi connectivity index (χ3v) is 11.2. The third-order valence-electron chi connectivity index (χ3n) is 11.2. The fourth-order valence-corrected chi connectivity index (χ4v) is 6.68. The van der Waals surface area contributed by atoms with Gasteiger partial charge in [0.2, 0.25) is 0 Å². The van der Waals surface area contributed by atoms with Gasteiger partial charge in [-0.3, -0.25) is 14.4 Å². The highest BCUT2D eigenvalue weighted by Gasteiger charge is 2.30. The molecule has 0 aliphatic rings. The van der Waals surface area contributed by atoms with E-state index in [1.54, 1.807) is 13.8 Å². The normalized spacial score (nSPS) is 13.4. The molecule has 4 unspecified atom stereocenters. The number of unbranched alkanes of at least 4 members (excludes halogenated alkanes) is 5. The maximum Gasteiger partial charge on any atom is 0.333 e. The fourth-order valence-electron chi connectivity index (χ4n) is 6.68. The molecule has 0 radical (unpaired) electrons. The molecule has 0 aliphatic heterocycles. The number of carbonyl (C=O) groups excluding carboxylic acids is 4. The second-order valence-electron chi connectivity index (χ2n) is 17.2. The molecule has 0 aliphatic carbocycles. The molecular formula is C50H101N3O8. The van der Waals surface area contributed by atoms with E-state index in [1.807, 2.05) is 6.92 Å². The number of hydrogen-bond acceptors (Lipinski definition) is 10. The van der Waals surface area contributed by atoms with Crippen LogP contribution in [0.1, 0.15) is 184 Å². The zero-order chi connectivity index (χ0) is 44.5. The van der Waals surface area contributed by atoms with Crippen LogP contribution in [0.4, 0.5) is 0 Å². The van der Waals surface area contributed by atoms with Crippen LogP contribution >= 0.6 is 0 Å². The molecule has 0 amide bonds. The van der Waals surface area contributed by atoms with Gasteiger partial charge >= 0.3 is 11.9 Å². The first-order valence-electron chi connectivity index (χ1n) is 22.8. The molecule has 0 aromatic heterocycles. The fraction of sp³-hybridized carbons (Fsp3) is 0.760. The predicted octanol–water partition coefficient (Wildman–Crippen LogP) is 10.7. The zero-order valence-electron chi connectivity index (χ0n) is 39.3. The summed E-state index contributed by atoms with van der Waals surface area (Å²) < 4.78 is 16.9. The Bertz CT molecular complexity index is 1220. The Hall–Kier alpha value is -2.96. The molecular weight excluding hydrogens is 771 g/mol. The van der Waals surface area contributed by atoms with E-state index in [4.69, 9.17) is 14.2 Å². The van der Waals surface area contributed by atoms with Gasteiger partial charge in [0, 0.05) is 73.8 Å². The first-order valence-corrected chi connectivity index (χ1v) is 22.8. The van der Waals surface area contributed by atoms with Crippen molar-refractivity contribution in [2.45, 2.75) is 196 Å². The summed E-state index contributed by atoms with van der Waals surface area (Å²) in [6.07, 6.45) is 16.1. The van der Waals surface area contributed by atoms with Crippen LogP contribution in [-0.4, -0.2) is 93.2 Å². The van der Waals surface area contributed by atoms with Crippen LogP contribution in [0, 0.1) is 5.41 Å². The lowest BCUT2D eigenvalue weighted by Crippen LogP contribution is -2.32. The Morgan fingerprint density at radius 3 is 1.82 bits per heavy atom. The third kappa shape index (κ3) is 35.2. The lowest BCUT2D eigenvalue weighted by Gasteiger charge is -2.32. The average molecular weight is 872 g/mol. The van der Waals surface area contributed by atoms with Gasteiger partial charge < -0.3 is 35.6 Å². The molecule has 0 aromatic rings. The van der Waals surface area contributed by atoms with Crippen molar-refractivity contribution in [1.82, 2.24) is 16.0 Å². The summed E-state index contributed by atoms with van der Waals surface area (Å²) in [7, 11) is 0. The summed E-state index contributed by atoms with van der Waals surface area (Å²) in [6, 6.07) is 0.813. The van der Waals surface area contributed by atoms with Crippen molar-refractivity contribution in [3.63, 3.8) is 0 Å². The van der Waals surface area contributed by atoms with Crippen LogP contribution in [0.15, 0.2) is 48.6 Å². The Kier molecular flexibility index (Phi) is 39.5. The maximum atomic E-state index is 13.1. The predicted molar refractivity (Wildman–Crippen MR) is 263 cm³/mol. The van der Waals surface area contributed by atoms with Gasteiger partial charge in [-0.1, -0.05) is 77.5 Å². The highest BCUT2D eigenvalue weighted by atomic mass is 16.5. The minimum Gasteiger partial charge on any atom is -0.465 e. The van der Waals surface area contributed by atoms with E-state index in [9.17, 15) is 19.2 Å². The molecule has 4 atom stereocenters. The van der Waals surface area contributed by atoms with Crippen LogP contribution in [-0.2, 0) is 33.4 Å². The molecule has 5 N–H and O–H groups in total. The quantitative estimate of drug-likeness (QED) is 0.0233. The van der Waals surface area contributed by atoms with Crippen molar-refractivity contribution in [2.24, 2.45) is 5.41 Å². The average Bonchev–Trinajstić information content (AvgIpc) is 3.19. The van der Waals surface area contributed by atoms with E-state index in [0.29, 0.717) is 95.2 Å². The molecule has 0 saturated carbocycles. The molecule has 0 heterocycles. The first-order chi connectivity index (χ1) is 28.0. The van der Waals surface area contributed by atoms with Crippen molar-refractivity contribution in [1.29, 1.82) is 0 Å². The van der Waals surface area contributed by atoms with Crippen molar-refractivity contribution < 1.29 is 44.6 Å². The number of carbonyl (C=O) groups is 4. The summed E-state index contributed by atoms with van der Waals surface area (Å²) in [6.45, 7) is 33.3. The zero-order valence-corrected chi connectivity index (χ0v) is 39.3. The number of esters is 2. The Morgan fingerprint density at radius 2 is 1.21 bits per heavy atom. The lowest BCUT2D eigenvalue weighted by molar-refractivity contribution is -0.148. The largest absolute Gasteiger partial charge is 0.465 e. The van der Waals surface area contributed by atoms with Crippen molar-refractivity contribution in [3.8, 4) is 0 Å². The molecule has 0 spiro atoms. The van der Waals surface area contributed by atoms with Gasteiger partial charge in [-0.15, -0.1) is 0 Å². The standard InChI is InChI=1S/C49H87N3O7.CH4.H2O.4H2/c1-12-49(29-18-14-19-31-50-44(11)36-57-34-21-25-46(54)39(4)5,30-26-45(53)27-32-51-43(10)24-17-20-35-58-48(56)40(6)7)37-59-47(55)28-33-52-42(9)23-16-13-15-22-41(8)38(2)3;;;;;;/h42-44,50-52H,2,4,6,8,12-37H2,1,3,5,7,9-11H3;1H4;1H2;4*1H. The van der Waals surface area contributed by atoms with Crippen molar-refractivity contribution >= 4 is 23.5 Å². The van der Waals surface area contributed by atoms with Crippen LogP contribution in [0.2, 0.25) is 0 Å². The Morgan fingerprint density at radius 1 is 0.607 bits per heavy atom. The summed E-state index contributed by atoms with van der Waals surface area (Å²) in [4.78, 5) is 49.3. The van der Waals surface area contributed by atoms with E-state index >= 15 is 0 Å². The second kappa shape index (κ2) is 38.7. The molecule has 11 nitrogen and oxygen atoms in total. The minimum atomic E-state index is -0.347. The van der Waals surface area contributed by atoms with Gasteiger partial charge in [-0.05, 0) is 124 Å². The first kappa shape index (κ1) is 62.3. The van der Waals surface area contributed by atoms with Crippen LogP contribution in [0.5, 0.6) is 0 Å². The number of ether oxygens (including phenoxy) is 3. The monoisotopic (exact) mass is 872 g/mol. The summed E-state index contributed by atoms with van der Waals surface area (Å²) in [5.74, 6) is -0.220. The van der Waals surface area contributed by atoms with Crippen LogP contribution < -0.4 is 16.0 Å². The number of nitrogens with one attached hydrogen (secondary N) is 3. The van der Waals surface area contributed by atoms with Crippen LogP contribution in [0.25, 0.3) is 0 Å². The summed E-state index contributed by atoms with van der Waals surface area (Å²) >= 11 is 0. The molecule has 0 aromatic carbocycles. The number of ketones is 2. The molecule has 61 heavy (non-hydrogen) atoms. The number of rotatable bonds is 41. The molecule has 0 fully saturated rings. The number of allylic oxidation sites excluding steroid dienone is 3.